The van der Waals surface area contributed by atoms with Crippen molar-refractivity contribution >= 4 is 5.91 Å². The van der Waals surface area contributed by atoms with Crippen LogP contribution >= 0.6 is 0 Å². The zero-order chi connectivity index (χ0) is 13.7. The molecule has 0 bridgehead atoms. The lowest BCUT2D eigenvalue weighted by molar-refractivity contribution is -0.274. The summed E-state index contributed by atoms with van der Waals surface area (Å²) >= 11 is 0. The van der Waals surface area contributed by atoms with E-state index in [4.69, 9.17) is 5.11 Å². The normalized spacial score (nSPS) is 12.9. The summed E-state index contributed by atoms with van der Waals surface area (Å²) in [6.07, 6.45) is -11.0. The zero-order valence-corrected chi connectivity index (χ0v) is 8.53. The molecule has 0 heterocycles. The summed E-state index contributed by atoms with van der Waals surface area (Å²) in [5.41, 5.74) is 0. The SMILES string of the molecule is O=C(NCCCCO)C(C(F)(F)F)C(F)(F)F. The molecule has 0 radical (unpaired) electrons. The molecule has 0 aliphatic rings. The summed E-state index contributed by atoms with van der Waals surface area (Å²) in [5, 5.41) is 9.87. The molecule has 0 aromatic heterocycles. The fraction of sp³-hybridized carbons (Fsp3) is 0.875. The third-order valence-corrected chi connectivity index (χ3v) is 1.80. The van der Waals surface area contributed by atoms with Crippen LogP contribution in [-0.2, 0) is 4.79 Å². The lowest BCUT2D eigenvalue weighted by Gasteiger charge is -2.21. The van der Waals surface area contributed by atoms with E-state index in [-0.39, 0.29) is 26.0 Å². The van der Waals surface area contributed by atoms with Gasteiger partial charge in [0.1, 0.15) is 0 Å². The van der Waals surface area contributed by atoms with Gasteiger partial charge in [-0.1, -0.05) is 0 Å². The summed E-state index contributed by atoms with van der Waals surface area (Å²) in [5.74, 6) is -6.13. The van der Waals surface area contributed by atoms with Crippen molar-refractivity contribution in [3.63, 3.8) is 0 Å². The van der Waals surface area contributed by atoms with Crippen molar-refractivity contribution in [2.24, 2.45) is 5.92 Å². The monoisotopic (exact) mass is 267 g/mol. The van der Waals surface area contributed by atoms with Crippen LogP contribution in [0.2, 0.25) is 0 Å². The second kappa shape index (κ2) is 6.08. The van der Waals surface area contributed by atoms with Gasteiger partial charge >= 0.3 is 12.4 Å². The number of carbonyl (C=O) groups excluding carboxylic acids is 1. The van der Waals surface area contributed by atoms with E-state index < -0.39 is 24.2 Å². The summed E-state index contributed by atoms with van der Waals surface area (Å²) in [7, 11) is 0. The molecule has 17 heavy (non-hydrogen) atoms. The Balaban J connectivity index is 4.47. The third-order valence-electron chi connectivity index (χ3n) is 1.80. The number of amides is 1. The van der Waals surface area contributed by atoms with E-state index in [0.29, 0.717) is 0 Å². The predicted octanol–water partition coefficient (Wildman–Crippen LogP) is 1.62. The molecule has 102 valence electrons. The van der Waals surface area contributed by atoms with Crippen molar-refractivity contribution < 1.29 is 36.2 Å². The summed E-state index contributed by atoms with van der Waals surface area (Å²) in [6.45, 7) is -0.597. The van der Waals surface area contributed by atoms with Gasteiger partial charge in [0, 0.05) is 13.2 Å². The van der Waals surface area contributed by atoms with Gasteiger partial charge in [-0.25, -0.2) is 0 Å². The van der Waals surface area contributed by atoms with Crippen molar-refractivity contribution in [2.75, 3.05) is 13.2 Å². The quantitative estimate of drug-likeness (QED) is 0.587. The van der Waals surface area contributed by atoms with Gasteiger partial charge in [0.05, 0.1) is 0 Å². The molecule has 0 aliphatic heterocycles. The molecule has 0 aromatic rings. The van der Waals surface area contributed by atoms with Crippen molar-refractivity contribution in [3.8, 4) is 0 Å². The van der Waals surface area contributed by atoms with Gasteiger partial charge in [0.25, 0.3) is 0 Å². The Morgan fingerprint density at radius 1 is 1.06 bits per heavy atom. The molecule has 9 heteroatoms. The molecule has 0 spiro atoms. The molecule has 0 saturated carbocycles. The summed E-state index contributed by atoms with van der Waals surface area (Å²) in [6, 6.07) is 0. The Morgan fingerprint density at radius 3 is 1.88 bits per heavy atom. The topological polar surface area (TPSA) is 49.3 Å². The highest BCUT2D eigenvalue weighted by molar-refractivity contribution is 5.80. The second-order valence-electron chi connectivity index (χ2n) is 3.24. The number of nitrogens with one attached hydrogen (secondary N) is 1. The minimum absolute atomic E-state index is 0.102. The van der Waals surface area contributed by atoms with Crippen LogP contribution < -0.4 is 5.32 Å². The molecular weight excluding hydrogens is 256 g/mol. The summed E-state index contributed by atoms with van der Waals surface area (Å²) in [4.78, 5) is 10.8. The molecule has 1 amide bonds. The van der Waals surface area contributed by atoms with E-state index in [1.54, 1.807) is 5.32 Å². The van der Waals surface area contributed by atoms with Crippen LogP contribution in [0.25, 0.3) is 0 Å². The fourth-order valence-corrected chi connectivity index (χ4v) is 1.03. The van der Waals surface area contributed by atoms with Crippen LogP contribution in [0.15, 0.2) is 0 Å². The second-order valence-corrected chi connectivity index (χ2v) is 3.24. The lowest BCUT2D eigenvalue weighted by Crippen LogP contribution is -2.48. The van der Waals surface area contributed by atoms with Crippen LogP contribution in [0.3, 0.4) is 0 Å². The first-order chi connectivity index (χ1) is 7.60. The summed E-state index contributed by atoms with van der Waals surface area (Å²) < 4.78 is 72.1. The maximum absolute atomic E-state index is 12.0. The Morgan fingerprint density at radius 2 is 1.53 bits per heavy atom. The van der Waals surface area contributed by atoms with E-state index in [1.807, 2.05) is 0 Å². The molecule has 0 saturated heterocycles. The predicted molar refractivity (Wildman–Crippen MR) is 44.9 cm³/mol. The standard InChI is InChI=1S/C8H11F6NO2/c9-7(10,11)5(8(12,13)14)6(17)15-3-1-2-4-16/h5,16H,1-4H2,(H,15,17). The lowest BCUT2D eigenvalue weighted by atomic mass is 10.1. The highest BCUT2D eigenvalue weighted by Crippen LogP contribution is 2.39. The van der Waals surface area contributed by atoms with Gasteiger partial charge in [-0.2, -0.15) is 26.3 Å². The van der Waals surface area contributed by atoms with Gasteiger partial charge in [0.2, 0.25) is 11.8 Å². The Hall–Kier alpha value is -0.990. The van der Waals surface area contributed by atoms with Gasteiger partial charge in [0.15, 0.2) is 0 Å². The van der Waals surface area contributed by atoms with E-state index in [2.05, 4.69) is 0 Å². The highest BCUT2D eigenvalue weighted by Gasteiger charge is 2.60. The molecule has 0 unspecified atom stereocenters. The van der Waals surface area contributed by atoms with E-state index >= 15 is 0 Å². The number of carbonyl (C=O) groups is 1. The zero-order valence-electron chi connectivity index (χ0n) is 8.53. The van der Waals surface area contributed by atoms with Gasteiger partial charge < -0.3 is 10.4 Å². The minimum Gasteiger partial charge on any atom is -0.396 e. The van der Waals surface area contributed by atoms with Gasteiger partial charge in [-0.3, -0.25) is 4.79 Å². The maximum Gasteiger partial charge on any atom is 0.409 e. The van der Waals surface area contributed by atoms with Crippen LogP contribution in [-0.4, -0.2) is 36.5 Å². The number of hydrogen-bond acceptors (Lipinski definition) is 2. The molecule has 2 N–H and O–H groups in total. The highest BCUT2D eigenvalue weighted by atomic mass is 19.4. The van der Waals surface area contributed by atoms with Crippen molar-refractivity contribution in [3.05, 3.63) is 0 Å². The van der Waals surface area contributed by atoms with Crippen LogP contribution in [0, 0.1) is 5.92 Å². The molecule has 0 aromatic carbocycles. The third kappa shape index (κ3) is 5.76. The molecule has 3 nitrogen and oxygen atoms in total. The smallest absolute Gasteiger partial charge is 0.396 e. The maximum atomic E-state index is 12.0. The number of hydrogen-bond donors (Lipinski definition) is 2. The fourth-order valence-electron chi connectivity index (χ4n) is 1.03. The van der Waals surface area contributed by atoms with Gasteiger partial charge in [-0.05, 0) is 12.8 Å². The number of aliphatic hydroxyl groups is 1. The molecule has 0 fully saturated rings. The Bertz CT molecular complexity index is 235. The molecule has 0 aliphatic carbocycles. The van der Waals surface area contributed by atoms with Gasteiger partial charge in [-0.15, -0.1) is 0 Å². The van der Waals surface area contributed by atoms with Crippen LogP contribution in [0.5, 0.6) is 0 Å². The Kier molecular flexibility index (Phi) is 5.73. The number of alkyl halides is 6. The first-order valence-corrected chi connectivity index (χ1v) is 4.62. The average molecular weight is 267 g/mol. The van der Waals surface area contributed by atoms with Crippen molar-refractivity contribution in [1.29, 1.82) is 0 Å². The van der Waals surface area contributed by atoms with Crippen molar-refractivity contribution in [1.82, 2.24) is 5.32 Å². The average Bonchev–Trinajstić information content (AvgIpc) is 2.07. The largest absolute Gasteiger partial charge is 0.409 e. The van der Waals surface area contributed by atoms with Crippen LogP contribution in [0.1, 0.15) is 12.8 Å². The van der Waals surface area contributed by atoms with E-state index in [1.165, 1.54) is 0 Å². The van der Waals surface area contributed by atoms with E-state index in [0.717, 1.165) is 0 Å². The number of halogens is 6. The minimum atomic E-state index is -5.67. The first-order valence-electron chi connectivity index (χ1n) is 4.62. The Labute approximate surface area is 92.8 Å². The molecule has 0 rings (SSSR count). The number of unbranched alkanes of at least 4 members (excludes halogenated alkanes) is 1. The molecular formula is C8H11F6NO2. The van der Waals surface area contributed by atoms with Crippen molar-refractivity contribution in [2.45, 2.75) is 25.2 Å². The van der Waals surface area contributed by atoms with E-state index in [9.17, 15) is 31.1 Å². The number of aliphatic hydroxyl groups excluding tert-OH is 1. The van der Waals surface area contributed by atoms with Crippen LogP contribution in [0.4, 0.5) is 26.3 Å². The first kappa shape index (κ1) is 16.0. The molecule has 0 atom stereocenters. The number of rotatable bonds is 5.